The summed E-state index contributed by atoms with van der Waals surface area (Å²) in [7, 11) is 0. The molecule has 0 aliphatic heterocycles. The molecule has 48 heavy (non-hydrogen) atoms. The summed E-state index contributed by atoms with van der Waals surface area (Å²) in [6, 6.07) is 54.8. The molecule has 0 aliphatic carbocycles. The van der Waals surface area contributed by atoms with Crippen LogP contribution in [0.5, 0.6) is 0 Å². The predicted molar refractivity (Wildman–Crippen MR) is 200 cm³/mol. The van der Waals surface area contributed by atoms with Gasteiger partial charge in [-0.05, 0) is 65.7 Å². The first-order valence-corrected chi connectivity index (χ1v) is 16.8. The van der Waals surface area contributed by atoms with Crippen molar-refractivity contribution in [3.63, 3.8) is 0 Å². The number of nitrogens with zero attached hydrogens (tertiary/aromatic N) is 2. The Morgan fingerprint density at radius 3 is 1.98 bits per heavy atom. The Morgan fingerprint density at radius 1 is 0.479 bits per heavy atom. The van der Waals surface area contributed by atoms with E-state index in [4.69, 9.17) is 13.8 Å². The third kappa shape index (κ3) is 4.25. The van der Waals surface area contributed by atoms with Gasteiger partial charge >= 0.3 is 0 Å². The first-order chi connectivity index (χ1) is 23.8. The average molecular weight is 635 g/mol. The minimum absolute atomic E-state index is 0.845. The van der Waals surface area contributed by atoms with Crippen molar-refractivity contribution in [2.24, 2.45) is 0 Å². The van der Waals surface area contributed by atoms with Gasteiger partial charge in [-0.3, -0.25) is 0 Å². The highest BCUT2D eigenvalue weighted by Crippen LogP contribution is 2.45. The second-order valence-corrected chi connectivity index (χ2v) is 13.0. The minimum atomic E-state index is 0.845. The van der Waals surface area contributed by atoms with Gasteiger partial charge in [0.2, 0.25) is 0 Å². The summed E-state index contributed by atoms with van der Waals surface area (Å²) in [5, 5.41) is 5.33. The molecule has 10 rings (SSSR count). The van der Waals surface area contributed by atoms with E-state index in [0.29, 0.717) is 0 Å². The van der Waals surface area contributed by atoms with Crippen LogP contribution in [0, 0.1) is 0 Å². The molecule has 0 saturated heterocycles. The number of thiazole rings is 1. The predicted octanol–water partition coefficient (Wildman–Crippen LogP) is 12.9. The van der Waals surface area contributed by atoms with E-state index in [9.17, 15) is 0 Å². The van der Waals surface area contributed by atoms with E-state index in [1.165, 1.54) is 11.1 Å². The highest BCUT2D eigenvalue weighted by Gasteiger charge is 2.22. The second-order valence-electron chi connectivity index (χ2n) is 12.0. The monoisotopic (exact) mass is 634 g/mol. The molecule has 0 aliphatic rings. The zero-order chi connectivity index (χ0) is 31.6. The lowest BCUT2D eigenvalue weighted by Crippen LogP contribution is -2.10. The highest BCUT2D eigenvalue weighted by molar-refractivity contribution is 7.22. The number of hydrogen-bond acceptors (Lipinski definition) is 5. The van der Waals surface area contributed by atoms with Crippen LogP contribution in [0.3, 0.4) is 0 Å². The summed E-state index contributed by atoms with van der Waals surface area (Å²) >= 11 is 1.71. The Kier molecular flexibility index (Phi) is 6.01. The largest absolute Gasteiger partial charge is 0.456 e. The molecule has 0 bridgehead atoms. The molecule has 4 nitrogen and oxygen atoms in total. The molecule has 3 aromatic heterocycles. The third-order valence-corrected chi connectivity index (χ3v) is 10.2. The van der Waals surface area contributed by atoms with Crippen LogP contribution in [0.4, 0.5) is 17.1 Å². The zero-order valence-electron chi connectivity index (χ0n) is 25.6. The van der Waals surface area contributed by atoms with E-state index >= 15 is 0 Å². The maximum atomic E-state index is 6.58. The normalized spacial score (nSPS) is 11.8. The summed E-state index contributed by atoms with van der Waals surface area (Å²) in [6.07, 6.45) is 0. The van der Waals surface area contributed by atoms with E-state index in [-0.39, 0.29) is 0 Å². The van der Waals surface area contributed by atoms with Crippen molar-refractivity contribution in [2.45, 2.75) is 0 Å². The third-order valence-electron chi connectivity index (χ3n) is 9.11. The van der Waals surface area contributed by atoms with Crippen LogP contribution in [-0.4, -0.2) is 4.98 Å². The molecule has 0 N–H and O–H groups in total. The summed E-state index contributed by atoms with van der Waals surface area (Å²) in [6.45, 7) is 0. The van der Waals surface area contributed by atoms with Crippen LogP contribution in [0.25, 0.3) is 75.8 Å². The summed E-state index contributed by atoms with van der Waals surface area (Å²) in [4.78, 5) is 7.31. The van der Waals surface area contributed by atoms with Crippen LogP contribution >= 0.6 is 11.3 Å². The Hall–Kier alpha value is -6.17. The van der Waals surface area contributed by atoms with Crippen LogP contribution in [0.2, 0.25) is 0 Å². The Balaban J connectivity index is 1.20. The fourth-order valence-corrected chi connectivity index (χ4v) is 7.97. The number of benzene rings is 7. The summed E-state index contributed by atoms with van der Waals surface area (Å²) in [5.41, 5.74) is 10.9. The molecule has 0 saturated carbocycles. The van der Waals surface area contributed by atoms with E-state index < -0.39 is 0 Å². The zero-order valence-corrected chi connectivity index (χ0v) is 26.4. The highest BCUT2D eigenvalue weighted by atomic mass is 32.1. The van der Waals surface area contributed by atoms with Gasteiger partial charge in [-0.2, -0.15) is 0 Å². The van der Waals surface area contributed by atoms with Gasteiger partial charge in [0.1, 0.15) is 21.8 Å². The van der Waals surface area contributed by atoms with Crippen molar-refractivity contribution >= 4 is 82.5 Å². The Bertz CT molecular complexity index is 2780. The van der Waals surface area contributed by atoms with Crippen molar-refractivity contribution in [1.29, 1.82) is 0 Å². The van der Waals surface area contributed by atoms with Crippen molar-refractivity contribution in [1.82, 2.24) is 4.98 Å². The number of rotatable bonds is 5. The molecular formula is C43H26N2O2S. The lowest BCUT2D eigenvalue weighted by molar-refractivity contribution is 0.669. The Morgan fingerprint density at radius 2 is 1.15 bits per heavy atom. The average Bonchev–Trinajstić information content (AvgIpc) is 3.86. The lowest BCUT2D eigenvalue weighted by Gasteiger charge is -2.26. The summed E-state index contributed by atoms with van der Waals surface area (Å²) < 4.78 is 14.1. The number of furan rings is 2. The van der Waals surface area contributed by atoms with E-state index in [2.05, 4.69) is 132 Å². The van der Waals surface area contributed by atoms with Gasteiger partial charge in [-0.15, -0.1) is 11.3 Å². The number of para-hydroxylation sites is 2. The molecule has 0 spiro atoms. The molecule has 0 amide bonds. The fraction of sp³-hybridized carbons (Fsp3) is 0. The first-order valence-electron chi connectivity index (χ1n) is 16.0. The molecule has 5 heteroatoms. The molecule has 0 radical (unpaired) electrons. The van der Waals surface area contributed by atoms with Crippen molar-refractivity contribution in [2.75, 3.05) is 4.90 Å². The van der Waals surface area contributed by atoms with Gasteiger partial charge < -0.3 is 13.7 Å². The topological polar surface area (TPSA) is 42.4 Å². The Labute approximate surface area is 279 Å². The molecule has 0 fully saturated rings. The number of aromatic nitrogens is 1. The smallest absolute Gasteiger partial charge is 0.159 e. The van der Waals surface area contributed by atoms with Gasteiger partial charge in [0, 0.05) is 38.5 Å². The first kappa shape index (κ1) is 27.0. The van der Waals surface area contributed by atoms with Gasteiger partial charge in [0.25, 0.3) is 0 Å². The number of fused-ring (bicyclic) bond motifs is 8. The molecule has 226 valence electrons. The molecule has 10 aromatic rings. The molecule has 0 unspecified atom stereocenters. The van der Waals surface area contributed by atoms with E-state index in [1.54, 1.807) is 11.3 Å². The van der Waals surface area contributed by atoms with E-state index in [0.717, 1.165) is 81.7 Å². The maximum Gasteiger partial charge on any atom is 0.159 e. The second kappa shape index (κ2) is 10.7. The summed E-state index contributed by atoms with van der Waals surface area (Å²) in [5.74, 6) is 0. The van der Waals surface area contributed by atoms with Gasteiger partial charge in [0.05, 0.1) is 15.9 Å². The van der Waals surface area contributed by atoms with Crippen LogP contribution in [0.15, 0.2) is 167 Å². The van der Waals surface area contributed by atoms with E-state index in [1.807, 2.05) is 30.3 Å². The minimum Gasteiger partial charge on any atom is -0.456 e. The van der Waals surface area contributed by atoms with Crippen molar-refractivity contribution in [3.8, 4) is 21.7 Å². The van der Waals surface area contributed by atoms with Crippen LogP contribution < -0.4 is 4.90 Å². The quantitative estimate of drug-likeness (QED) is 0.189. The molecular weight excluding hydrogens is 609 g/mol. The molecule has 0 atom stereocenters. The van der Waals surface area contributed by atoms with Crippen molar-refractivity contribution in [3.05, 3.63) is 158 Å². The van der Waals surface area contributed by atoms with Gasteiger partial charge in [-0.25, -0.2) is 4.98 Å². The van der Waals surface area contributed by atoms with Crippen LogP contribution in [-0.2, 0) is 0 Å². The molecule has 3 heterocycles. The number of anilines is 3. The molecule has 7 aromatic carbocycles. The SMILES string of the molecule is c1ccc(-c2ccc(N(c3ccc4oc5ccc6nc(-c7ccccc7)sc6c5c4c3)c3cccc4c3oc3ccccc34)cc2)cc1. The standard InChI is InChI=1S/C43H26N2O2S/c1-3-10-27(11-4-1)28-18-20-30(21-19-28)45(36-16-9-15-33-32-14-7-8-17-37(32)47-41(33)36)31-22-24-38-34(26-31)40-39(46-38)25-23-35-42(40)48-43(44-35)29-12-5-2-6-13-29/h1-26H. The van der Waals surface area contributed by atoms with Gasteiger partial charge in [0.15, 0.2) is 5.58 Å². The lowest BCUT2D eigenvalue weighted by atomic mass is 10.0. The fourth-order valence-electron chi connectivity index (χ4n) is 6.85. The maximum absolute atomic E-state index is 6.58. The van der Waals surface area contributed by atoms with Gasteiger partial charge in [-0.1, -0.05) is 103 Å². The van der Waals surface area contributed by atoms with Crippen LogP contribution in [0.1, 0.15) is 0 Å². The van der Waals surface area contributed by atoms with Crippen molar-refractivity contribution < 1.29 is 8.83 Å². The number of hydrogen-bond donors (Lipinski definition) is 0.